The van der Waals surface area contributed by atoms with Gasteiger partial charge in [0.2, 0.25) is 0 Å². The lowest BCUT2D eigenvalue weighted by molar-refractivity contribution is 0.191. The number of aromatic nitrogens is 2. The van der Waals surface area contributed by atoms with Gasteiger partial charge >= 0.3 is 0 Å². The Balaban J connectivity index is 2.45. The van der Waals surface area contributed by atoms with E-state index >= 15 is 0 Å². The molecule has 1 aromatic carbocycles. The Morgan fingerprint density at radius 1 is 1.33 bits per heavy atom. The summed E-state index contributed by atoms with van der Waals surface area (Å²) in [7, 11) is 7.26. The summed E-state index contributed by atoms with van der Waals surface area (Å²) in [6, 6.07) is 7.71. The number of hydrogen-bond acceptors (Lipinski definition) is 4. The molecule has 5 nitrogen and oxygen atoms in total. The molecule has 2 aromatic rings. The molecule has 6 heteroatoms. The summed E-state index contributed by atoms with van der Waals surface area (Å²) in [6.07, 6.45) is 3.19. The van der Waals surface area contributed by atoms with Crippen LogP contribution in [0.25, 0.3) is 0 Å². The third kappa shape index (κ3) is 3.33. The largest absolute Gasteiger partial charge is 0.496 e. The molecule has 0 bridgehead atoms. The van der Waals surface area contributed by atoms with Gasteiger partial charge in [0.1, 0.15) is 5.75 Å². The van der Waals surface area contributed by atoms with Gasteiger partial charge in [-0.05, 0) is 18.3 Å². The molecule has 0 aliphatic heterocycles. The number of ether oxygens (including phenoxy) is 2. The molecule has 112 valence electrons. The molecule has 1 unspecified atom stereocenters. The molecule has 0 aliphatic rings. The average molecular weight is 305 g/mol. The average Bonchev–Trinajstić information content (AvgIpc) is 2.90. The van der Waals surface area contributed by atoms with E-state index in [0.29, 0.717) is 5.17 Å². The normalized spacial score (nSPS) is 11.8. The van der Waals surface area contributed by atoms with Gasteiger partial charge in [0.25, 0.3) is 5.17 Å². The standard InChI is InChI=1S/C15H19N3O2S/c1-17(2)15(21)20-13(14-16-9-10-18(14)3)11-7-5-6-8-12(11)19-4/h5-10,13H,1-4H3. The highest BCUT2D eigenvalue weighted by atomic mass is 32.1. The number of imidazole rings is 1. The molecule has 0 radical (unpaired) electrons. The van der Waals surface area contributed by atoms with Crippen molar-refractivity contribution < 1.29 is 9.47 Å². The van der Waals surface area contributed by atoms with E-state index in [1.54, 1.807) is 18.2 Å². The Morgan fingerprint density at radius 2 is 2.05 bits per heavy atom. The highest BCUT2D eigenvalue weighted by Gasteiger charge is 2.25. The second-order valence-electron chi connectivity index (χ2n) is 4.80. The van der Waals surface area contributed by atoms with Gasteiger partial charge in [0.05, 0.1) is 7.11 Å². The molecule has 0 N–H and O–H groups in total. The van der Waals surface area contributed by atoms with E-state index in [-0.39, 0.29) is 0 Å². The van der Waals surface area contributed by atoms with E-state index in [9.17, 15) is 0 Å². The molecule has 21 heavy (non-hydrogen) atoms. The van der Waals surface area contributed by atoms with Crippen molar-refractivity contribution in [1.29, 1.82) is 0 Å². The molecule has 1 atom stereocenters. The fourth-order valence-corrected chi connectivity index (χ4v) is 2.07. The van der Waals surface area contributed by atoms with E-state index in [1.807, 2.05) is 56.2 Å². The van der Waals surface area contributed by atoms with Crippen LogP contribution >= 0.6 is 12.2 Å². The van der Waals surface area contributed by atoms with Gasteiger partial charge in [-0.1, -0.05) is 18.2 Å². The van der Waals surface area contributed by atoms with E-state index < -0.39 is 6.10 Å². The zero-order valence-electron chi connectivity index (χ0n) is 12.6. The lowest BCUT2D eigenvalue weighted by Crippen LogP contribution is -2.26. The molecule has 0 saturated carbocycles. The van der Waals surface area contributed by atoms with Crippen LogP contribution in [0.15, 0.2) is 36.7 Å². The number of methoxy groups -OCH3 is 1. The summed E-state index contributed by atoms with van der Waals surface area (Å²) >= 11 is 5.28. The Labute approximate surface area is 130 Å². The van der Waals surface area contributed by atoms with Crippen LogP contribution in [0.4, 0.5) is 0 Å². The van der Waals surface area contributed by atoms with Crippen molar-refractivity contribution in [3.05, 3.63) is 48.0 Å². The summed E-state index contributed by atoms with van der Waals surface area (Å²) in [5, 5.41) is 0.397. The lowest BCUT2D eigenvalue weighted by Gasteiger charge is -2.24. The highest BCUT2D eigenvalue weighted by Crippen LogP contribution is 2.32. The number of thiocarbonyl (C=S) groups is 1. The van der Waals surface area contributed by atoms with E-state index in [2.05, 4.69) is 4.98 Å². The summed E-state index contributed by atoms with van der Waals surface area (Å²) in [5.74, 6) is 1.51. The van der Waals surface area contributed by atoms with Gasteiger partial charge in [0.15, 0.2) is 11.9 Å². The van der Waals surface area contributed by atoms with Crippen molar-refractivity contribution in [2.24, 2.45) is 7.05 Å². The van der Waals surface area contributed by atoms with Crippen molar-refractivity contribution >= 4 is 17.4 Å². The van der Waals surface area contributed by atoms with Crippen LogP contribution in [0.5, 0.6) is 5.75 Å². The molecular formula is C15H19N3O2S. The van der Waals surface area contributed by atoms with Crippen LogP contribution in [0.1, 0.15) is 17.5 Å². The zero-order chi connectivity index (χ0) is 15.4. The summed E-state index contributed by atoms with van der Waals surface area (Å²) in [4.78, 5) is 6.14. The van der Waals surface area contributed by atoms with E-state index in [1.165, 1.54) is 0 Å². The molecule has 0 spiro atoms. The number of hydrogen-bond donors (Lipinski definition) is 0. The van der Waals surface area contributed by atoms with E-state index in [0.717, 1.165) is 17.1 Å². The zero-order valence-corrected chi connectivity index (χ0v) is 13.4. The predicted octanol–water partition coefficient (Wildman–Crippen LogP) is 2.38. The summed E-state index contributed by atoms with van der Waals surface area (Å²) < 4.78 is 13.3. The van der Waals surface area contributed by atoms with Gasteiger partial charge < -0.3 is 18.9 Å². The van der Waals surface area contributed by atoms with Crippen LogP contribution in [-0.2, 0) is 11.8 Å². The second-order valence-corrected chi connectivity index (χ2v) is 5.15. The van der Waals surface area contributed by atoms with Gasteiger partial charge in [-0.3, -0.25) is 0 Å². The Kier molecular flexibility index (Phi) is 4.80. The first kappa shape index (κ1) is 15.3. The SMILES string of the molecule is COc1ccccc1C(OC(=S)N(C)C)c1nccn1C. The molecule has 0 amide bonds. The maximum absolute atomic E-state index is 5.96. The quantitative estimate of drug-likeness (QED) is 0.811. The van der Waals surface area contributed by atoms with Crippen molar-refractivity contribution in [1.82, 2.24) is 14.5 Å². The fourth-order valence-electron chi connectivity index (χ4n) is 1.97. The Bertz CT molecular complexity index is 625. The topological polar surface area (TPSA) is 39.5 Å². The van der Waals surface area contributed by atoms with Crippen LogP contribution in [0.2, 0.25) is 0 Å². The minimum atomic E-state index is -0.420. The Hall–Kier alpha value is -2.08. The first-order valence-corrected chi connectivity index (χ1v) is 6.93. The minimum Gasteiger partial charge on any atom is -0.496 e. The van der Waals surface area contributed by atoms with E-state index in [4.69, 9.17) is 21.7 Å². The monoisotopic (exact) mass is 305 g/mol. The predicted molar refractivity (Wildman–Crippen MR) is 85.4 cm³/mol. The molecule has 0 fully saturated rings. The van der Waals surface area contributed by atoms with Crippen molar-refractivity contribution in [2.75, 3.05) is 21.2 Å². The van der Waals surface area contributed by atoms with Crippen LogP contribution in [0, 0.1) is 0 Å². The summed E-state index contributed by atoms with van der Waals surface area (Å²) in [5.41, 5.74) is 0.888. The Morgan fingerprint density at radius 3 is 2.62 bits per heavy atom. The molecule has 2 rings (SSSR count). The second kappa shape index (κ2) is 6.58. The van der Waals surface area contributed by atoms with Gasteiger partial charge in [-0.2, -0.15) is 0 Å². The molecule has 1 aromatic heterocycles. The first-order chi connectivity index (χ1) is 10.0. The van der Waals surface area contributed by atoms with Gasteiger partial charge in [0, 0.05) is 39.1 Å². The summed E-state index contributed by atoms with van der Waals surface area (Å²) in [6.45, 7) is 0. The number of nitrogens with zero attached hydrogens (tertiary/aromatic N) is 3. The third-order valence-electron chi connectivity index (χ3n) is 3.10. The van der Waals surface area contributed by atoms with Gasteiger partial charge in [-0.15, -0.1) is 0 Å². The van der Waals surface area contributed by atoms with Crippen molar-refractivity contribution in [3.8, 4) is 5.75 Å². The molecule has 1 heterocycles. The van der Waals surface area contributed by atoms with Crippen LogP contribution < -0.4 is 4.74 Å². The van der Waals surface area contributed by atoms with Crippen molar-refractivity contribution in [3.63, 3.8) is 0 Å². The molecule has 0 aliphatic carbocycles. The van der Waals surface area contributed by atoms with Crippen LogP contribution in [-0.4, -0.2) is 40.8 Å². The molecule has 0 saturated heterocycles. The van der Waals surface area contributed by atoms with Gasteiger partial charge in [-0.25, -0.2) is 4.98 Å². The van der Waals surface area contributed by atoms with Crippen LogP contribution in [0.3, 0.4) is 0 Å². The van der Waals surface area contributed by atoms with Crippen molar-refractivity contribution in [2.45, 2.75) is 6.10 Å². The highest BCUT2D eigenvalue weighted by molar-refractivity contribution is 7.80. The smallest absolute Gasteiger partial charge is 0.259 e. The minimum absolute atomic E-state index is 0.397. The first-order valence-electron chi connectivity index (χ1n) is 6.52. The number of para-hydroxylation sites is 1. The maximum Gasteiger partial charge on any atom is 0.259 e. The number of benzene rings is 1. The number of rotatable bonds is 4. The fraction of sp³-hybridized carbons (Fsp3) is 0.333. The maximum atomic E-state index is 5.96. The number of aryl methyl sites for hydroxylation is 1. The third-order valence-corrected chi connectivity index (χ3v) is 3.56. The lowest BCUT2D eigenvalue weighted by atomic mass is 10.1. The molecular weight excluding hydrogens is 286 g/mol.